The van der Waals surface area contributed by atoms with Crippen molar-refractivity contribution in [2.45, 2.75) is 0 Å². The Hall–Kier alpha value is 0.510. The van der Waals surface area contributed by atoms with Gasteiger partial charge in [-0.05, 0) is 0 Å². The van der Waals surface area contributed by atoms with Crippen LogP contribution in [0.3, 0.4) is 0 Å². The van der Waals surface area contributed by atoms with Gasteiger partial charge in [0.1, 0.15) is 0 Å². The Balaban J connectivity index is 4.40. The van der Waals surface area contributed by atoms with E-state index < -0.39 is 65.6 Å². The Morgan fingerprint density at radius 1 is 0.760 bits per heavy atom. The largest absolute Gasteiger partial charge is 0.481 e. The van der Waals surface area contributed by atoms with Crippen molar-refractivity contribution >= 4 is 40.9 Å². The molecule has 0 rings (SSSR count). The highest BCUT2D eigenvalue weighted by molar-refractivity contribution is 7.91. The summed E-state index contributed by atoms with van der Waals surface area (Å²) in [5.41, 5.74) is 0. The van der Waals surface area contributed by atoms with Crippen molar-refractivity contribution in [3.63, 3.8) is 0 Å². The molecule has 0 radical (unpaired) electrons. The molecule has 0 aromatic rings. The van der Waals surface area contributed by atoms with Gasteiger partial charge < -0.3 is 24.5 Å². The van der Waals surface area contributed by atoms with E-state index in [4.69, 9.17) is 24.5 Å². The molecule has 0 aliphatic heterocycles. The first-order chi connectivity index (χ1) is 10.8. The van der Waals surface area contributed by atoms with Crippen LogP contribution in [0.25, 0.3) is 0 Å². The summed E-state index contributed by atoms with van der Waals surface area (Å²) in [6.45, 7) is -1.32. The summed E-state index contributed by atoms with van der Waals surface area (Å²) in [7, 11) is -24.0. The van der Waals surface area contributed by atoms with Gasteiger partial charge in [-0.3, -0.25) is 13.6 Å². The first-order valence-electron chi connectivity index (χ1n) is 5.76. The third-order valence-corrected chi connectivity index (χ3v) is 8.07. The fourth-order valence-corrected chi connectivity index (χ4v) is 5.79. The Labute approximate surface area is 141 Å². The lowest BCUT2D eigenvalue weighted by Gasteiger charge is -2.14. The van der Waals surface area contributed by atoms with E-state index in [-0.39, 0.29) is 0 Å². The predicted octanol–water partition coefficient (Wildman–Crippen LogP) is -0.424. The molecule has 5 N–H and O–H groups in total. The first-order valence-corrected chi connectivity index (χ1v) is 14.1. The molecule has 0 saturated carbocycles. The molecule has 3 unspecified atom stereocenters. The van der Waals surface area contributed by atoms with Crippen LogP contribution in [0.1, 0.15) is 0 Å². The van der Waals surface area contributed by atoms with Gasteiger partial charge >= 0.3 is 31.1 Å². The summed E-state index contributed by atoms with van der Waals surface area (Å²) in [6.07, 6.45) is 0. The summed E-state index contributed by atoms with van der Waals surface area (Å²) in [5, 5.41) is 0. The maximum atomic E-state index is 11.5. The SMILES string of the molecule is CP(=O)(O)OP(=O)(O)OCCS(=O)(=O)CCOP(=O)(O)OP(=O)(O)O. The van der Waals surface area contributed by atoms with Crippen molar-refractivity contribution in [2.75, 3.05) is 31.4 Å². The molecule has 0 aromatic heterocycles. The monoisotopic (exact) mass is 472 g/mol. The van der Waals surface area contributed by atoms with Gasteiger partial charge in [0.2, 0.25) is 0 Å². The maximum Gasteiger partial charge on any atom is 0.481 e. The Morgan fingerprint density at radius 2 is 1.12 bits per heavy atom. The van der Waals surface area contributed by atoms with Gasteiger partial charge in [0.15, 0.2) is 9.84 Å². The van der Waals surface area contributed by atoms with Gasteiger partial charge in [-0.15, -0.1) is 0 Å². The molecule has 20 heteroatoms. The van der Waals surface area contributed by atoms with E-state index in [1.54, 1.807) is 0 Å². The average molecular weight is 472 g/mol. The van der Waals surface area contributed by atoms with Crippen molar-refractivity contribution in [3.05, 3.63) is 0 Å². The van der Waals surface area contributed by atoms with Gasteiger partial charge in [-0.1, -0.05) is 0 Å². The van der Waals surface area contributed by atoms with Gasteiger partial charge in [0.05, 0.1) is 24.7 Å². The summed E-state index contributed by atoms with van der Waals surface area (Å²) in [4.78, 5) is 43.3. The van der Waals surface area contributed by atoms with Crippen molar-refractivity contribution in [3.8, 4) is 0 Å². The van der Waals surface area contributed by atoms with Crippen LogP contribution in [0.2, 0.25) is 0 Å². The molecule has 3 atom stereocenters. The molecule has 0 heterocycles. The van der Waals surface area contributed by atoms with Gasteiger partial charge in [-0.25, -0.2) is 26.4 Å². The van der Waals surface area contributed by atoms with Crippen molar-refractivity contribution in [2.24, 2.45) is 0 Å². The van der Waals surface area contributed by atoms with Crippen LogP contribution >= 0.6 is 31.1 Å². The topological polar surface area (TPSA) is 240 Å². The van der Waals surface area contributed by atoms with E-state index in [2.05, 4.69) is 17.7 Å². The Bertz CT molecular complexity index is 673. The third kappa shape index (κ3) is 15.3. The van der Waals surface area contributed by atoms with Gasteiger partial charge in [0.25, 0.3) is 0 Å². The van der Waals surface area contributed by atoms with Crippen molar-refractivity contribution in [1.29, 1.82) is 0 Å². The van der Waals surface area contributed by atoms with E-state index in [1.807, 2.05) is 0 Å². The minimum atomic E-state index is -5.35. The number of rotatable bonds is 12. The smallest absolute Gasteiger partial charge is 0.324 e. The van der Waals surface area contributed by atoms with Gasteiger partial charge in [0, 0.05) is 6.66 Å². The summed E-state index contributed by atoms with van der Waals surface area (Å²) in [6, 6.07) is 0. The zero-order chi connectivity index (χ0) is 20.2. The number of phosphoric ester groups is 2. The van der Waals surface area contributed by atoms with Crippen molar-refractivity contribution < 1.29 is 68.8 Å². The molecule has 0 fully saturated rings. The van der Waals surface area contributed by atoms with E-state index >= 15 is 0 Å². The number of sulfone groups is 1. The predicted molar refractivity (Wildman–Crippen MR) is 80.2 cm³/mol. The third-order valence-electron chi connectivity index (χ3n) is 1.76. The quantitative estimate of drug-likeness (QED) is 0.227. The number of hydrogen-bond acceptors (Lipinski definition) is 10. The lowest BCUT2D eigenvalue weighted by molar-refractivity contribution is 0.185. The van der Waals surface area contributed by atoms with Crippen molar-refractivity contribution in [1.82, 2.24) is 0 Å². The molecule has 0 bridgehead atoms. The second kappa shape index (κ2) is 9.13. The minimum Gasteiger partial charge on any atom is -0.324 e. The molecule has 152 valence electrons. The molecule has 25 heavy (non-hydrogen) atoms. The van der Waals surface area contributed by atoms with E-state index in [9.17, 15) is 26.7 Å². The van der Waals surface area contributed by atoms with Crippen LogP contribution in [0.4, 0.5) is 0 Å². The highest BCUT2D eigenvalue weighted by Gasteiger charge is 2.33. The number of phosphoric acid groups is 3. The highest BCUT2D eigenvalue weighted by atomic mass is 32.2. The zero-order valence-corrected chi connectivity index (χ0v) is 16.7. The second-order valence-electron chi connectivity index (χ2n) is 4.21. The van der Waals surface area contributed by atoms with Crippen LogP contribution in [0.5, 0.6) is 0 Å². The van der Waals surface area contributed by atoms with Crippen LogP contribution < -0.4 is 0 Å². The molecule has 0 spiro atoms. The minimum absolute atomic E-state index is 0.597. The first kappa shape index (κ1) is 25.5. The molecule has 0 aromatic carbocycles. The fourth-order valence-electron chi connectivity index (χ4n) is 1.03. The maximum absolute atomic E-state index is 11.5. The summed E-state index contributed by atoms with van der Waals surface area (Å²) < 4.78 is 81.9. The Morgan fingerprint density at radius 3 is 1.44 bits per heavy atom. The average Bonchev–Trinajstić information content (AvgIpc) is 2.19. The number of hydrogen-bond donors (Lipinski definition) is 5. The molecule has 0 aliphatic carbocycles. The molecule has 0 amide bonds. The highest BCUT2D eigenvalue weighted by Crippen LogP contribution is 2.58. The molecule has 15 nitrogen and oxygen atoms in total. The summed E-state index contributed by atoms with van der Waals surface area (Å²) in [5.74, 6) is -1.84. The normalized spacial score (nSPS) is 20.4. The molecule has 0 saturated heterocycles. The fraction of sp³-hybridized carbons (Fsp3) is 1.00. The van der Waals surface area contributed by atoms with Crippen LogP contribution in [-0.2, 0) is 45.8 Å². The zero-order valence-electron chi connectivity index (χ0n) is 12.3. The molecular formula is C5H16O15P4S. The van der Waals surface area contributed by atoms with E-state index in [0.29, 0.717) is 6.66 Å². The summed E-state index contributed by atoms with van der Waals surface area (Å²) >= 11 is 0. The lowest BCUT2D eigenvalue weighted by atomic mass is 10.9. The van der Waals surface area contributed by atoms with Crippen LogP contribution in [-0.4, -0.2) is 64.3 Å². The van der Waals surface area contributed by atoms with Crippen LogP contribution in [0.15, 0.2) is 0 Å². The second-order valence-corrected chi connectivity index (χ2v) is 12.8. The standard InChI is InChI=1S/C5H16O15P4S/c1-21(6,7)19-23(11,12)17-2-4-25(15,16)5-3-18-24(13,14)20-22(8,9)10/h2-5H2,1H3,(H,6,7)(H,11,12)(H,13,14)(H2,8,9,10). The van der Waals surface area contributed by atoms with E-state index in [0.717, 1.165) is 0 Å². The molecular weight excluding hydrogens is 456 g/mol. The lowest BCUT2D eigenvalue weighted by Crippen LogP contribution is -2.18. The Kier molecular flexibility index (Phi) is 9.32. The van der Waals surface area contributed by atoms with Crippen LogP contribution in [0, 0.1) is 0 Å². The van der Waals surface area contributed by atoms with Gasteiger partial charge in [-0.2, -0.15) is 4.31 Å². The van der Waals surface area contributed by atoms with E-state index in [1.165, 1.54) is 0 Å². The molecule has 0 aliphatic rings.